The van der Waals surface area contributed by atoms with Gasteiger partial charge in [-0.25, -0.2) is 4.68 Å². The van der Waals surface area contributed by atoms with Gasteiger partial charge in [0.05, 0.1) is 17.3 Å². The molecule has 1 aromatic carbocycles. The van der Waals surface area contributed by atoms with Gasteiger partial charge < -0.3 is 10.6 Å². The topological polar surface area (TPSA) is 59.0 Å². The van der Waals surface area contributed by atoms with E-state index in [1.54, 1.807) is 17.5 Å². The molecule has 0 spiro atoms. The van der Waals surface area contributed by atoms with Gasteiger partial charge in [0.2, 0.25) is 0 Å². The van der Waals surface area contributed by atoms with Gasteiger partial charge >= 0.3 is 12.4 Å². The first kappa shape index (κ1) is 22.5. The van der Waals surface area contributed by atoms with Crippen LogP contribution in [-0.4, -0.2) is 21.9 Å². The van der Waals surface area contributed by atoms with Gasteiger partial charge in [-0.2, -0.15) is 31.4 Å². The Morgan fingerprint density at radius 2 is 1.88 bits per heavy atom. The van der Waals surface area contributed by atoms with E-state index in [1.807, 2.05) is 5.32 Å². The molecule has 4 rings (SSSR count). The third-order valence-corrected chi connectivity index (χ3v) is 6.22. The average molecular weight is 495 g/mol. The van der Waals surface area contributed by atoms with Crippen molar-refractivity contribution in [3.8, 4) is 0 Å². The molecule has 0 radical (unpaired) electrons. The highest BCUT2D eigenvalue weighted by molar-refractivity contribution is 7.10. The first-order valence-corrected chi connectivity index (χ1v) is 10.3. The summed E-state index contributed by atoms with van der Waals surface area (Å²) in [7, 11) is 0. The molecular formula is C19H13ClF6N4OS. The van der Waals surface area contributed by atoms with E-state index in [9.17, 15) is 31.1 Å². The summed E-state index contributed by atoms with van der Waals surface area (Å²) in [5.41, 5.74) is -2.30. The number of hydrogen-bond acceptors (Lipinski definition) is 4. The fraction of sp³-hybridized carbons (Fsp3) is 0.263. The predicted octanol–water partition coefficient (Wildman–Crippen LogP) is 6.53. The number of aromatic nitrogens is 2. The van der Waals surface area contributed by atoms with Crippen LogP contribution in [0.25, 0.3) is 0 Å². The molecule has 32 heavy (non-hydrogen) atoms. The Morgan fingerprint density at radius 1 is 1.16 bits per heavy atom. The summed E-state index contributed by atoms with van der Waals surface area (Å²) >= 11 is 7.44. The van der Waals surface area contributed by atoms with Gasteiger partial charge in [0.25, 0.3) is 5.91 Å². The Bertz CT molecular complexity index is 1140. The first-order chi connectivity index (χ1) is 15.0. The maximum atomic E-state index is 13.8. The molecule has 2 aromatic heterocycles. The van der Waals surface area contributed by atoms with Crippen molar-refractivity contribution >= 4 is 40.4 Å². The van der Waals surface area contributed by atoms with Crippen LogP contribution in [0.3, 0.4) is 0 Å². The van der Waals surface area contributed by atoms with E-state index in [-0.39, 0.29) is 5.82 Å². The molecular weight excluding hydrogens is 482 g/mol. The van der Waals surface area contributed by atoms with Crippen molar-refractivity contribution in [3.05, 3.63) is 62.9 Å². The lowest BCUT2D eigenvalue weighted by Gasteiger charge is -2.32. The zero-order valence-corrected chi connectivity index (χ0v) is 17.3. The SMILES string of the molecule is O=C(Nc1ccccc1C(F)(F)F)c1nn2c(c1Cl)N[C@@H](c1cccs1)C[C@H]2C(F)(F)F. The lowest BCUT2D eigenvalue weighted by atomic mass is 10.0. The number of nitrogens with one attached hydrogen (secondary N) is 2. The highest BCUT2D eigenvalue weighted by atomic mass is 35.5. The van der Waals surface area contributed by atoms with E-state index in [0.29, 0.717) is 9.56 Å². The van der Waals surface area contributed by atoms with Crippen LogP contribution in [0.1, 0.15) is 39.4 Å². The highest BCUT2D eigenvalue weighted by Crippen LogP contribution is 2.47. The number of carbonyl (C=O) groups is 1. The minimum Gasteiger partial charge on any atom is -0.361 e. The van der Waals surface area contributed by atoms with Crippen molar-refractivity contribution in [1.29, 1.82) is 0 Å². The van der Waals surface area contributed by atoms with Crippen molar-refractivity contribution in [2.24, 2.45) is 0 Å². The average Bonchev–Trinajstić information content (AvgIpc) is 3.35. The van der Waals surface area contributed by atoms with E-state index in [0.717, 1.165) is 18.2 Å². The number of alkyl halides is 6. The monoisotopic (exact) mass is 494 g/mol. The number of rotatable bonds is 3. The number of anilines is 2. The van der Waals surface area contributed by atoms with Gasteiger partial charge in [-0.1, -0.05) is 29.8 Å². The highest BCUT2D eigenvalue weighted by Gasteiger charge is 2.48. The number of hydrogen-bond donors (Lipinski definition) is 2. The fourth-order valence-electron chi connectivity index (χ4n) is 3.43. The van der Waals surface area contributed by atoms with Gasteiger partial charge in [-0.15, -0.1) is 11.3 Å². The Hall–Kier alpha value is -2.73. The minimum atomic E-state index is -4.75. The quantitative estimate of drug-likeness (QED) is 0.407. The Morgan fingerprint density at radius 3 is 2.50 bits per heavy atom. The van der Waals surface area contributed by atoms with Gasteiger partial charge in [0, 0.05) is 11.3 Å². The zero-order valence-electron chi connectivity index (χ0n) is 15.8. The van der Waals surface area contributed by atoms with Crippen LogP contribution in [0.2, 0.25) is 5.02 Å². The van der Waals surface area contributed by atoms with Crippen molar-refractivity contribution in [2.45, 2.75) is 30.9 Å². The lowest BCUT2D eigenvalue weighted by molar-refractivity contribution is -0.173. The van der Waals surface area contributed by atoms with Crippen LogP contribution >= 0.6 is 22.9 Å². The molecule has 0 saturated heterocycles. The van der Waals surface area contributed by atoms with E-state index in [2.05, 4.69) is 10.4 Å². The third kappa shape index (κ3) is 4.16. The van der Waals surface area contributed by atoms with Gasteiger partial charge in [0.15, 0.2) is 11.7 Å². The van der Waals surface area contributed by atoms with Crippen LogP contribution in [0.5, 0.6) is 0 Å². The van der Waals surface area contributed by atoms with E-state index in [4.69, 9.17) is 11.6 Å². The summed E-state index contributed by atoms with van der Waals surface area (Å²) in [5, 5.41) is 9.93. The van der Waals surface area contributed by atoms with E-state index in [1.165, 1.54) is 17.4 Å². The summed E-state index contributed by atoms with van der Waals surface area (Å²) in [4.78, 5) is 13.3. The van der Waals surface area contributed by atoms with E-state index >= 15 is 0 Å². The minimum absolute atomic E-state index is 0.229. The normalized spacial score (nSPS) is 18.7. The molecule has 5 nitrogen and oxygen atoms in total. The maximum Gasteiger partial charge on any atom is 0.418 e. The number of nitrogens with zero attached hydrogens (tertiary/aromatic N) is 2. The molecule has 0 saturated carbocycles. The number of fused-ring (bicyclic) bond motifs is 1. The zero-order chi connectivity index (χ0) is 23.3. The number of carbonyl (C=O) groups excluding carboxylic acids is 1. The predicted molar refractivity (Wildman–Crippen MR) is 107 cm³/mol. The van der Waals surface area contributed by atoms with Crippen LogP contribution in [0.15, 0.2) is 41.8 Å². The largest absolute Gasteiger partial charge is 0.418 e. The maximum absolute atomic E-state index is 13.8. The summed E-state index contributed by atoms with van der Waals surface area (Å²) in [6.07, 6.45) is -9.84. The van der Waals surface area contributed by atoms with Gasteiger partial charge in [-0.3, -0.25) is 4.79 Å². The summed E-state index contributed by atoms with van der Waals surface area (Å²) in [6, 6.07) is 4.75. The van der Waals surface area contributed by atoms with Gasteiger partial charge in [0.1, 0.15) is 10.8 Å². The number of thiophene rings is 1. The molecule has 0 fully saturated rings. The van der Waals surface area contributed by atoms with Crippen LogP contribution in [-0.2, 0) is 6.18 Å². The van der Waals surface area contributed by atoms with Crippen molar-refractivity contribution in [1.82, 2.24) is 9.78 Å². The molecule has 13 heteroatoms. The molecule has 0 bridgehead atoms. The molecule has 0 unspecified atom stereocenters. The van der Waals surface area contributed by atoms with Crippen LogP contribution < -0.4 is 10.6 Å². The molecule has 1 amide bonds. The molecule has 2 atom stereocenters. The van der Waals surface area contributed by atoms with Crippen molar-refractivity contribution < 1.29 is 31.1 Å². The number of amides is 1. The second-order valence-corrected chi connectivity index (χ2v) is 8.32. The Kier molecular flexibility index (Phi) is 5.61. The van der Waals surface area contributed by atoms with Gasteiger partial charge in [-0.05, 0) is 23.6 Å². The second kappa shape index (κ2) is 8.00. The lowest BCUT2D eigenvalue weighted by Crippen LogP contribution is -2.35. The molecule has 0 aliphatic carbocycles. The smallest absolute Gasteiger partial charge is 0.361 e. The molecule has 1 aliphatic rings. The second-order valence-electron chi connectivity index (χ2n) is 6.96. The number of halogens is 7. The third-order valence-electron chi connectivity index (χ3n) is 4.88. The van der Waals surface area contributed by atoms with Crippen molar-refractivity contribution in [2.75, 3.05) is 10.6 Å². The molecule has 170 valence electrons. The first-order valence-electron chi connectivity index (χ1n) is 9.09. The Labute approximate surface area is 186 Å². The summed E-state index contributed by atoms with van der Waals surface area (Å²) < 4.78 is 81.4. The summed E-state index contributed by atoms with van der Waals surface area (Å²) in [5.74, 6) is -1.39. The van der Waals surface area contributed by atoms with Crippen molar-refractivity contribution in [3.63, 3.8) is 0 Å². The molecule has 3 heterocycles. The number of benzene rings is 1. The molecule has 2 N–H and O–H groups in total. The molecule has 1 aliphatic heterocycles. The standard InChI is InChI=1S/C19H13ClF6N4OS/c20-14-15(17(31)28-10-5-2-1-4-9(10)18(21,22)23)29-30-13(19(24,25)26)8-11(27-16(14)30)12-6-3-7-32-12/h1-7,11,13,27H,8H2,(H,28,31)/t11-,13+/m1/s1. The van der Waals surface area contributed by atoms with Crippen LogP contribution in [0.4, 0.5) is 37.8 Å². The number of para-hydroxylation sites is 1. The Balaban J connectivity index is 1.71. The van der Waals surface area contributed by atoms with E-state index < -0.39 is 58.7 Å². The molecule has 3 aromatic rings. The van der Waals surface area contributed by atoms with Crippen LogP contribution in [0, 0.1) is 0 Å². The fourth-order valence-corrected chi connectivity index (χ4v) is 4.49. The summed E-state index contributed by atoms with van der Waals surface area (Å²) in [6.45, 7) is 0.